The van der Waals surface area contributed by atoms with Crippen LogP contribution in [0.5, 0.6) is 0 Å². The van der Waals surface area contributed by atoms with Gasteiger partial charge in [-0.1, -0.05) is 13.8 Å². The molecule has 0 aliphatic carbocycles. The van der Waals surface area contributed by atoms with Crippen LogP contribution < -0.4 is 4.90 Å². The van der Waals surface area contributed by atoms with Crippen molar-refractivity contribution in [2.24, 2.45) is 0 Å². The zero-order chi connectivity index (χ0) is 15.7. The predicted octanol–water partition coefficient (Wildman–Crippen LogP) is 2.19. The second kappa shape index (κ2) is 6.13. The van der Waals surface area contributed by atoms with Gasteiger partial charge in [0.2, 0.25) is 0 Å². The summed E-state index contributed by atoms with van der Waals surface area (Å²) in [6.07, 6.45) is 2.93. The van der Waals surface area contributed by atoms with Gasteiger partial charge in [-0.3, -0.25) is 9.88 Å². The second-order valence-corrected chi connectivity index (χ2v) is 7.14. The Kier molecular flexibility index (Phi) is 4.37. The maximum Gasteiger partial charge on any atom is 0.125 e. The van der Waals surface area contributed by atoms with Crippen molar-refractivity contribution in [2.45, 2.75) is 44.4 Å². The highest BCUT2D eigenvalue weighted by Gasteiger charge is 2.38. The van der Waals surface area contributed by atoms with Crippen LogP contribution >= 0.6 is 0 Å². The monoisotopic (exact) mass is 307 g/mol. The van der Waals surface area contributed by atoms with Crippen molar-refractivity contribution in [3.05, 3.63) is 24.0 Å². The highest BCUT2D eigenvalue weighted by molar-refractivity contribution is 5.46. The molecule has 2 aliphatic heterocycles. The molecule has 0 spiro atoms. The molecule has 4 nitrogen and oxygen atoms in total. The number of nitrogens with zero attached hydrogens (tertiary/aromatic N) is 3. The van der Waals surface area contributed by atoms with Crippen LogP contribution in [-0.4, -0.2) is 59.5 Å². The average Bonchev–Trinajstić information content (AvgIpc) is 2.45. The van der Waals surface area contributed by atoms with E-state index in [1.165, 1.54) is 0 Å². The fraction of sp³-hybridized carbons (Fsp3) is 0.706. The molecule has 1 unspecified atom stereocenters. The third-order valence-corrected chi connectivity index (χ3v) is 4.71. The van der Waals surface area contributed by atoms with E-state index in [4.69, 9.17) is 0 Å². The molecule has 1 aromatic heterocycles. The van der Waals surface area contributed by atoms with E-state index in [-0.39, 0.29) is 0 Å². The molecule has 0 saturated carbocycles. The van der Waals surface area contributed by atoms with Gasteiger partial charge in [0.25, 0.3) is 0 Å². The summed E-state index contributed by atoms with van der Waals surface area (Å²) in [6.45, 7) is 7.31. The first-order chi connectivity index (χ1) is 10.5. The Bertz CT molecular complexity index is 501. The Morgan fingerprint density at radius 2 is 2.18 bits per heavy atom. The molecule has 5 heteroatoms. The van der Waals surface area contributed by atoms with Crippen LogP contribution in [0.25, 0.3) is 0 Å². The van der Waals surface area contributed by atoms with Gasteiger partial charge in [0.15, 0.2) is 0 Å². The molecule has 3 rings (SSSR count). The van der Waals surface area contributed by atoms with Crippen LogP contribution in [0.2, 0.25) is 0 Å². The molecule has 122 valence electrons. The number of β-amino-alcohol motifs (C(OH)–C–C–N with tert-alkyl or cyclic N) is 1. The van der Waals surface area contributed by atoms with E-state index in [0.717, 1.165) is 30.8 Å². The van der Waals surface area contributed by atoms with Gasteiger partial charge in [0.05, 0.1) is 17.5 Å². The van der Waals surface area contributed by atoms with Crippen LogP contribution in [0.4, 0.5) is 10.1 Å². The summed E-state index contributed by atoms with van der Waals surface area (Å²) in [5.74, 6) is 0.424. The maximum absolute atomic E-state index is 12.9. The van der Waals surface area contributed by atoms with Crippen molar-refractivity contribution in [1.82, 2.24) is 9.88 Å². The van der Waals surface area contributed by atoms with E-state index in [0.29, 0.717) is 32.1 Å². The first kappa shape index (κ1) is 15.7. The van der Waals surface area contributed by atoms with Gasteiger partial charge in [-0.2, -0.15) is 0 Å². The summed E-state index contributed by atoms with van der Waals surface area (Å²) in [4.78, 5) is 8.73. The Morgan fingerprint density at radius 3 is 2.77 bits per heavy atom. The van der Waals surface area contributed by atoms with Gasteiger partial charge in [-0.15, -0.1) is 0 Å². The number of aliphatic hydroxyl groups is 1. The Labute approximate surface area is 131 Å². The largest absolute Gasteiger partial charge is 0.387 e. The van der Waals surface area contributed by atoms with Crippen molar-refractivity contribution >= 4 is 5.69 Å². The van der Waals surface area contributed by atoms with Gasteiger partial charge in [-0.25, -0.2) is 4.39 Å². The molecule has 2 fully saturated rings. The van der Waals surface area contributed by atoms with Crippen LogP contribution in [0.3, 0.4) is 0 Å². The van der Waals surface area contributed by atoms with Crippen LogP contribution in [-0.2, 0) is 0 Å². The lowest BCUT2D eigenvalue weighted by molar-refractivity contribution is -0.0445. The van der Waals surface area contributed by atoms with Crippen molar-refractivity contribution in [3.63, 3.8) is 0 Å². The summed E-state index contributed by atoms with van der Waals surface area (Å²) in [5, 5.41) is 10.8. The molecular weight excluding hydrogens is 281 g/mol. The van der Waals surface area contributed by atoms with Gasteiger partial charge >= 0.3 is 0 Å². The quantitative estimate of drug-likeness (QED) is 0.925. The lowest BCUT2D eigenvalue weighted by atomic mass is 9.90. The molecule has 0 aromatic carbocycles. The summed E-state index contributed by atoms with van der Waals surface area (Å²) in [5.41, 5.74) is 1.41. The first-order valence-electron chi connectivity index (χ1n) is 8.25. The third-order valence-electron chi connectivity index (χ3n) is 4.71. The molecule has 3 heterocycles. The lowest BCUT2D eigenvalue weighted by Gasteiger charge is -2.45. The molecule has 2 saturated heterocycles. The van der Waals surface area contributed by atoms with Crippen LogP contribution in [0.15, 0.2) is 18.3 Å². The molecule has 1 aromatic rings. The van der Waals surface area contributed by atoms with Crippen LogP contribution in [0.1, 0.15) is 38.3 Å². The van der Waals surface area contributed by atoms with E-state index >= 15 is 0 Å². The first-order valence-corrected chi connectivity index (χ1v) is 8.25. The highest BCUT2D eigenvalue weighted by atomic mass is 19.1. The molecule has 2 aliphatic rings. The standard InChI is InChI=1S/C17H26FN3O/c1-13(2)16-5-4-15(8-19-16)21-7-3-6-17(22,12-21)11-20-9-14(18)10-20/h4-5,8,13-14,22H,3,6-7,9-12H2,1-2H3. The summed E-state index contributed by atoms with van der Waals surface area (Å²) in [7, 11) is 0. The number of rotatable bonds is 4. The number of hydrogen-bond acceptors (Lipinski definition) is 4. The molecular formula is C17H26FN3O. The number of pyridine rings is 1. The number of likely N-dealkylation sites (tertiary alicyclic amines) is 1. The van der Waals surface area contributed by atoms with Crippen molar-refractivity contribution in [1.29, 1.82) is 0 Å². The molecule has 1 N–H and O–H groups in total. The molecule has 0 amide bonds. The fourth-order valence-electron chi connectivity index (χ4n) is 3.44. The molecule has 0 radical (unpaired) electrons. The van der Waals surface area contributed by atoms with E-state index in [1.807, 2.05) is 11.1 Å². The van der Waals surface area contributed by atoms with Gasteiger partial charge < -0.3 is 10.0 Å². The minimum atomic E-state index is -0.741. The smallest absolute Gasteiger partial charge is 0.125 e. The van der Waals surface area contributed by atoms with Gasteiger partial charge in [0, 0.05) is 38.4 Å². The Hall–Kier alpha value is -1.20. The topological polar surface area (TPSA) is 39.6 Å². The number of halogens is 1. The zero-order valence-electron chi connectivity index (χ0n) is 13.5. The minimum Gasteiger partial charge on any atom is -0.387 e. The predicted molar refractivity (Wildman–Crippen MR) is 86.1 cm³/mol. The fourth-order valence-corrected chi connectivity index (χ4v) is 3.44. The van der Waals surface area contributed by atoms with Crippen molar-refractivity contribution in [2.75, 3.05) is 37.6 Å². The van der Waals surface area contributed by atoms with Gasteiger partial charge in [0.1, 0.15) is 6.17 Å². The van der Waals surface area contributed by atoms with E-state index in [9.17, 15) is 9.50 Å². The minimum absolute atomic E-state index is 0.424. The van der Waals surface area contributed by atoms with Crippen molar-refractivity contribution < 1.29 is 9.50 Å². The summed E-state index contributed by atoms with van der Waals surface area (Å²) in [6, 6.07) is 4.16. The molecule has 0 bridgehead atoms. The second-order valence-electron chi connectivity index (χ2n) is 7.14. The molecule has 22 heavy (non-hydrogen) atoms. The normalized spacial score (nSPS) is 27.2. The SMILES string of the molecule is CC(C)c1ccc(N2CCCC(O)(CN3CC(F)C3)C2)cn1. The number of alkyl halides is 1. The summed E-state index contributed by atoms with van der Waals surface area (Å²) >= 11 is 0. The number of piperidine rings is 1. The third kappa shape index (κ3) is 3.41. The number of hydrogen-bond donors (Lipinski definition) is 1. The Morgan fingerprint density at radius 1 is 1.41 bits per heavy atom. The number of aromatic nitrogens is 1. The highest BCUT2D eigenvalue weighted by Crippen LogP contribution is 2.28. The lowest BCUT2D eigenvalue weighted by Crippen LogP contribution is -2.59. The van der Waals surface area contributed by atoms with E-state index in [2.05, 4.69) is 35.9 Å². The van der Waals surface area contributed by atoms with Gasteiger partial charge in [-0.05, 0) is 30.9 Å². The van der Waals surface area contributed by atoms with E-state index in [1.54, 1.807) is 0 Å². The van der Waals surface area contributed by atoms with E-state index < -0.39 is 11.8 Å². The Balaban J connectivity index is 1.64. The number of anilines is 1. The molecule has 1 atom stereocenters. The van der Waals surface area contributed by atoms with Crippen LogP contribution in [0, 0.1) is 0 Å². The summed E-state index contributed by atoms with van der Waals surface area (Å²) < 4.78 is 12.9. The average molecular weight is 307 g/mol. The zero-order valence-corrected chi connectivity index (χ0v) is 13.5. The van der Waals surface area contributed by atoms with Crippen molar-refractivity contribution in [3.8, 4) is 0 Å². The maximum atomic E-state index is 12.9.